The summed E-state index contributed by atoms with van der Waals surface area (Å²) in [6, 6.07) is 15.8. The Morgan fingerprint density at radius 3 is 2.68 bits per heavy atom. The van der Waals surface area contributed by atoms with Crippen LogP contribution in [0, 0.1) is 12.8 Å². The van der Waals surface area contributed by atoms with E-state index in [9.17, 15) is 4.79 Å². The number of aryl methyl sites for hydroxylation is 1. The molecule has 1 atom stereocenters. The molecule has 2 aromatic carbocycles. The Bertz CT molecular complexity index is 1020. The third-order valence-electron chi connectivity index (χ3n) is 5.92. The van der Waals surface area contributed by atoms with E-state index in [1.807, 2.05) is 36.4 Å². The van der Waals surface area contributed by atoms with Crippen molar-refractivity contribution >= 4 is 17.5 Å². The van der Waals surface area contributed by atoms with E-state index >= 15 is 0 Å². The Balaban J connectivity index is 1.41. The number of piperidine rings is 1. The summed E-state index contributed by atoms with van der Waals surface area (Å²) in [5.74, 6) is 0.0834. The summed E-state index contributed by atoms with van der Waals surface area (Å²) < 4.78 is 0. The van der Waals surface area contributed by atoms with Gasteiger partial charge in [-0.05, 0) is 61.7 Å². The second-order valence-electron chi connectivity index (χ2n) is 8.11. The van der Waals surface area contributed by atoms with Gasteiger partial charge in [0.1, 0.15) is 0 Å². The van der Waals surface area contributed by atoms with Crippen LogP contribution in [0.3, 0.4) is 0 Å². The summed E-state index contributed by atoms with van der Waals surface area (Å²) in [5, 5.41) is 4.02. The molecular weight excluding hydrogens is 408 g/mol. The molecule has 1 amide bonds. The van der Waals surface area contributed by atoms with Crippen molar-refractivity contribution in [2.24, 2.45) is 5.92 Å². The van der Waals surface area contributed by atoms with E-state index in [0.29, 0.717) is 0 Å². The van der Waals surface area contributed by atoms with Crippen molar-refractivity contribution in [2.75, 3.05) is 13.1 Å². The van der Waals surface area contributed by atoms with Crippen LogP contribution in [-0.2, 0) is 11.3 Å². The standard InChI is InChI=1S/C25H27ClN4O/c1-18-5-2-3-8-22(18)24(23-16-27-11-12-28-23)29-25(31)20-9-13-30(14-10-20)17-19-6-4-7-21(26)15-19/h2-8,11-12,15-16,20,24H,9-10,13-14,17H2,1H3,(H,29,31). The van der Waals surface area contributed by atoms with E-state index < -0.39 is 0 Å². The maximum atomic E-state index is 13.2. The Kier molecular flexibility index (Phi) is 6.95. The minimum atomic E-state index is -0.299. The van der Waals surface area contributed by atoms with E-state index in [1.54, 1.807) is 18.6 Å². The molecule has 1 fully saturated rings. The highest BCUT2D eigenvalue weighted by molar-refractivity contribution is 6.30. The Morgan fingerprint density at radius 2 is 1.97 bits per heavy atom. The zero-order valence-corrected chi connectivity index (χ0v) is 18.4. The van der Waals surface area contributed by atoms with Crippen LogP contribution >= 0.6 is 11.6 Å². The summed E-state index contributed by atoms with van der Waals surface area (Å²) in [4.78, 5) is 24.2. The highest BCUT2D eigenvalue weighted by atomic mass is 35.5. The molecule has 0 saturated carbocycles. The molecule has 1 aliphatic rings. The van der Waals surface area contributed by atoms with Gasteiger partial charge in [-0.15, -0.1) is 0 Å². The van der Waals surface area contributed by atoms with E-state index in [0.717, 1.165) is 54.3 Å². The molecule has 1 aromatic heterocycles. The average Bonchev–Trinajstić information content (AvgIpc) is 2.79. The van der Waals surface area contributed by atoms with Gasteiger partial charge in [0.2, 0.25) is 5.91 Å². The van der Waals surface area contributed by atoms with Crippen LogP contribution in [0.2, 0.25) is 5.02 Å². The lowest BCUT2D eigenvalue weighted by atomic mass is 9.93. The van der Waals surface area contributed by atoms with E-state index in [2.05, 4.69) is 39.2 Å². The van der Waals surface area contributed by atoms with Gasteiger partial charge >= 0.3 is 0 Å². The van der Waals surface area contributed by atoms with E-state index in [1.165, 1.54) is 5.56 Å². The minimum absolute atomic E-state index is 0.00111. The third-order valence-corrected chi connectivity index (χ3v) is 6.15. The van der Waals surface area contributed by atoms with Crippen LogP contribution in [0.5, 0.6) is 0 Å². The first-order valence-electron chi connectivity index (χ1n) is 10.7. The van der Waals surface area contributed by atoms with Crippen molar-refractivity contribution in [1.29, 1.82) is 0 Å². The number of likely N-dealkylation sites (tertiary alicyclic amines) is 1. The Morgan fingerprint density at radius 1 is 1.16 bits per heavy atom. The minimum Gasteiger partial charge on any atom is -0.343 e. The largest absolute Gasteiger partial charge is 0.343 e. The molecule has 160 valence electrons. The van der Waals surface area contributed by atoms with Gasteiger partial charge in [0.05, 0.1) is 17.9 Å². The smallest absolute Gasteiger partial charge is 0.224 e. The molecule has 0 spiro atoms. The van der Waals surface area contributed by atoms with E-state index in [4.69, 9.17) is 11.6 Å². The maximum absolute atomic E-state index is 13.2. The fourth-order valence-electron chi connectivity index (χ4n) is 4.19. The monoisotopic (exact) mass is 434 g/mol. The van der Waals surface area contributed by atoms with Crippen molar-refractivity contribution in [2.45, 2.75) is 32.4 Å². The average molecular weight is 435 g/mol. The molecule has 0 bridgehead atoms. The molecule has 0 radical (unpaired) electrons. The molecule has 4 rings (SSSR count). The van der Waals surface area contributed by atoms with Gasteiger partial charge in [-0.3, -0.25) is 19.7 Å². The first-order valence-corrected chi connectivity index (χ1v) is 11.1. The van der Waals surface area contributed by atoms with Crippen LogP contribution in [0.15, 0.2) is 67.1 Å². The van der Waals surface area contributed by atoms with Crippen LogP contribution in [0.4, 0.5) is 0 Å². The predicted octanol–water partition coefficient (Wildman–Crippen LogP) is 4.56. The molecule has 1 N–H and O–H groups in total. The molecular formula is C25H27ClN4O. The molecule has 5 nitrogen and oxygen atoms in total. The number of aromatic nitrogens is 2. The molecule has 0 aliphatic carbocycles. The summed E-state index contributed by atoms with van der Waals surface area (Å²) in [7, 11) is 0. The number of amides is 1. The van der Waals surface area contributed by atoms with Crippen molar-refractivity contribution in [1.82, 2.24) is 20.2 Å². The zero-order valence-electron chi connectivity index (χ0n) is 17.7. The highest BCUT2D eigenvalue weighted by Gasteiger charge is 2.28. The summed E-state index contributed by atoms with van der Waals surface area (Å²) in [6.07, 6.45) is 6.72. The lowest BCUT2D eigenvalue weighted by molar-refractivity contribution is -0.127. The number of hydrogen-bond donors (Lipinski definition) is 1. The fraction of sp³-hybridized carbons (Fsp3) is 0.320. The number of nitrogens with one attached hydrogen (secondary N) is 1. The van der Waals surface area contributed by atoms with Gasteiger partial charge in [0, 0.05) is 29.9 Å². The predicted molar refractivity (Wildman–Crippen MR) is 123 cm³/mol. The van der Waals surface area contributed by atoms with Crippen LogP contribution in [-0.4, -0.2) is 33.9 Å². The molecule has 1 unspecified atom stereocenters. The number of carbonyl (C=O) groups is 1. The lowest BCUT2D eigenvalue weighted by Gasteiger charge is -2.32. The van der Waals surface area contributed by atoms with Crippen molar-refractivity contribution in [3.63, 3.8) is 0 Å². The maximum Gasteiger partial charge on any atom is 0.224 e. The highest BCUT2D eigenvalue weighted by Crippen LogP contribution is 2.26. The molecule has 31 heavy (non-hydrogen) atoms. The van der Waals surface area contributed by atoms with Crippen LogP contribution in [0.1, 0.15) is 41.3 Å². The third kappa shape index (κ3) is 5.49. The quantitative estimate of drug-likeness (QED) is 0.618. The number of carbonyl (C=O) groups excluding carboxylic acids is 1. The lowest BCUT2D eigenvalue weighted by Crippen LogP contribution is -2.41. The SMILES string of the molecule is Cc1ccccc1C(NC(=O)C1CCN(Cc2cccc(Cl)c2)CC1)c1cnccn1. The summed E-state index contributed by atoms with van der Waals surface area (Å²) in [5.41, 5.74) is 4.13. The van der Waals surface area contributed by atoms with Gasteiger partial charge in [-0.25, -0.2) is 0 Å². The van der Waals surface area contributed by atoms with Gasteiger partial charge in [0.25, 0.3) is 0 Å². The molecule has 1 aliphatic heterocycles. The fourth-order valence-corrected chi connectivity index (χ4v) is 4.40. The van der Waals surface area contributed by atoms with Gasteiger partial charge in [0.15, 0.2) is 0 Å². The normalized spacial score (nSPS) is 16.1. The summed E-state index contributed by atoms with van der Waals surface area (Å²) >= 11 is 6.11. The zero-order chi connectivity index (χ0) is 21.6. The molecule has 3 aromatic rings. The Labute approximate surface area is 188 Å². The first kappa shape index (κ1) is 21.5. The first-order chi connectivity index (χ1) is 15.1. The topological polar surface area (TPSA) is 58.1 Å². The van der Waals surface area contributed by atoms with Gasteiger partial charge < -0.3 is 5.32 Å². The number of benzene rings is 2. The van der Waals surface area contributed by atoms with Crippen molar-refractivity contribution in [3.8, 4) is 0 Å². The van der Waals surface area contributed by atoms with Crippen molar-refractivity contribution in [3.05, 3.63) is 94.5 Å². The Hall–Kier alpha value is -2.76. The van der Waals surface area contributed by atoms with Crippen molar-refractivity contribution < 1.29 is 4.79 Å². The van der Waals surface area contributed by atoms with Crippen LogP contribution in [0.25, 0.3) is 0 Å². The molecule has 2 heterocycles. The number of halogens is 1. The van der Waals surface area contributed by atoms with E-state index in [-0.39, 0.29) is 17.9 Å². The van der Waals surface area contributed by atoms with Crippen LogP contribution < -0.4 is 5.32 Å². The summed E-state index contributed by atoms with van der Waals surface area (Å²) in [6.45, 7) is 4.70. The molecule has 1 saturated heterocycles. The second kappa shape index (κ2) is 10.0. The number of rotatable bonds is 6. The second-order valence-corrected chi connectivity index (χ2v) is 8.55. The van der Waals surface area contributed by atoms with Gasteiger partial charge in [-0.2, -0.15) is 0 Å². The number of nitrogens with zero attached hydrogens (tertiary/aromatic N) is 3. The van der Waals surface area contributed by atoms with Gasteiger partial charge in [-0.1, -0.05) is 48.0 Å². The number of hydrogen-bond acceptors (Lipinski definition) is 4. The molecule has 6 heteroatoms.